The fourth-order valence-electron chi connectivity index (χ4n) is 3.53. The number of benzene rings is 1. The zero-order chi connectivity index (χ0) is 13.4. The fourth-order valence-corrected chi connectivity index (χ4v) is 3.53. The summed E-state index contributed by atoms with van der Waals surface area (Å²) in [4.78, 5) is 10.7. The molecule has 3 rings (SSSR count). The quantitative estimate of drug-likeness (QED) is 0.907. The molecule has 3 atom stereocenters. The maximum Gasteiger partial charge on any atom is 0.335 e. The van der Waals surface area contributed by atoms with Gasteiger partial charge >= 0.3 is 5.97 Å². The van der Waals surface area contributed by atoms with Gasteiger partial charge in [0, 0.05) is 0 Å². The predicted molar refractivity (Wildman–Crippen MR) is 67.8 cm³/mol. The Labute approximate surface area is 111 Å². The standard InChI is InChI=1S/C15H17FO3/c16-13-7-11(15(17)18)3-4-14(13)19-8-12-6-9-1-2-10(12)5-9/h3-4,7,9-10,12H,1-2,5-6,8H2,(H,17,18). The Kier molecular flexibility index (Phi) is 3.17. The lowest BCUT2D eigenvalue weighted by Crippen LogP contribution is -2.18. The van der Waals surface area contributed by atoms with Crippen molar-refractivity contribution in [3.05, 3.63) is 29.6 Å². The van der Waals surface area contributed by atoms with E-state index in [0.717, 1.165) is 17.9 Å². The summed E-state index contributed by atoms with van der Waals surface area (Å²) in [6.45, 7) is 0.546. The van der Waals surface area contributed by atoms with Gasteiger partial charge in [-0.05, 0) is 55.2 Å². The monoisotopic (exact) mass is 264 g/mol. The maximum atomic E-state index is 13.7. The molecule has 2 fully saturated rings. The highest BCUT2D eigenvalue weighted by Gasteiger charge is 2.39. The third-order valence-corrected chi connectivity index (χ3v) is 4.52. The van der Waals surface area contributed by atoms with E-state index in [-0.39, 0.29) is 11.3 Å². The largest absolute Gasteiger partial charge is 0.490 e. The lowest BCUT2D eigenvalue weighted by Gasteiger charge is -2.21. The molecule has 0 radical (unpaired) electrons. The highest BCUT2D eigenvalue weighted by atomic mass is 19.1. The summed E-state index contributed by atoms with van der Waals surface area (Å²) < 4.78 is 19.2. The van der Waals surface area contributed by atoms with Crippen molar-refractivity contribution >= 4 is 5.97 Å². The van der Waals surface area contributed by atoms with E-state index >= 15 is 0 Å². The number of carbonyl (C=O) groups is 1. The average molecular weight is 264 g/mol. The Morgan fingerprint density at radius 2 is 2.21 bits per heavy atom. The van der Waals surface area contributed by atoms with E-state index in [0.29, 0.717) is 12.5 Å². The maximum absolute atomic E-state index is 13.7. The molecule has 0 aliphatic heterocycles. The summed E-state index contributed by atoms with van der Waals surface area (Å²) in [6, 6.07) is 3.80. The zero-order valence-electron chi connectivity index (χ0n) is 10.6. The van der Waals surface area contributed by atoms with E-state index in [1.165, 1.54) is 37.8 Å². The number of hydrogen-bond donors (Lipinski definition) is 1. The van der Waals surface area contributed by atoms with Gasteiger partial charge in [0.05, 0.1) is 12.2 Å². The van der Waals surface area contributed by atoms with Crippen molar-refractivity contribution < 1.29 is 19.0 Å². The van der Waals surface area contributed by atoms with Crippen molar-refractivity contribution in [3.8, 4) is 5.75 Å². The van der Waals surface area contributed by atoms with Crippen LogP contribution in [0.3, 0.4) is 0 Å². The van der Waals surface area contributed by atoms with E-state index in [1.807, 2.05) is 0 Å². The first-order chi connectivity index (χ1) is 9.13. The van der Waals surface area contributed by atoms with Gasteiger partial charge in [0.2, 0.25) is 0 Å². The van der Waals surface area contributed by atoms with E-state index in [2.05, 4.69) is 0 Å². The summed E-state index contributed by atoms with van der Waals surface area (Å²) in [5.41, 5.74) is -0.0511. The molecule has 0 saturated heterocycles. The second kappa shape index (κ2) is 4.83. The number of ether oxygens (including phenoxy) is 1. The molecule has 2 aliphatic carbocycles. The van der Waals surface area contributed by atoms with Crippen molar-refractivity contribution in [1.82, 2.24) is 0 Å². The van der Waals surface area contributed by atoms with Gasteiger partial charge in [-0.15, -0.1) is 0 Å². The third-order valence-electron chi connectivity index (χ3n) is 4.52. The SMILES string of the molecule is O=C(O)c1ccc(OCC2CC3CCC2C3)c(F)c1. The minimum Gasteiger partial charge on any atom is -0.490 e. The zero-order valence-corrected chi connectivity index (χ0v) is 10.6. The topological polar surface area (TPSA) is 46.5 Å². The molecule has 102 valence electrons. The van der Waals surface area contributed by atoms with Crippen molar-refractivity contribution in [2.45, 2.75) is 25.7 Å². The van der Waals surface area contributed by atoms with Crippen LogP contribution >= 0.6 is 0 Å². The summed E-state index contributed by atoms with van der Waals surface area (Å²) in [6.07, 6.45) is 5.11. The molecule has 2 saturated carbocycles. The summed E-state index contributed by atoms with van der Waals surface area (Å²) >= 11 is 0. The molecule has 0 heterocycles. The van der Waals surface area contributed by atoms with Gasteiger partial charge in [0.1, 0.15) is 0 Å². The Bertz CT molecular complexity index is 500. The van der Waals surface area contributed by atoms with Gasteiger partial charge in [-0.25, -0.2) is 9.18 Å². The van der Waals surface area contributed by atoms with Crippen LogP contribution in [0.5, 0.6) is 5.75 Å². The first-order valence-corrected chi connectivity index (χ1v) is 6.79. The van der Waals surface area contributed by atoms with Gasteiger partial charge < -0.3 is 9.84 Å². The number of halogens is 1. The van der Waals surface area contributed by atoms with Crippen LogP contribution in [0.25, 0.3) is 0 Å². The molecule has 3 unspecified atom stereocenters. The van der Waals surface area contributed by atoms with Crippen LogP contribution in [0.2, 0.25) is 0 Å². The molecule has 1 aromatic rings. The van der Waals surface area contributed by atoms with Gasteiger partial charge in [-0.2, -0.15) is 0 Å². The molecule has 0 spiro atoms. The van der Waals surface area contributed by atoms with E-state index in [4.69, 9.17) is 9.84 Å². The van der Waals surface area contributed by atoms with Gasteiger partial charge in [-0.1, -0.05) is 6.42 Å². The van der Waals surface area contributed by atoms with Crippen LogP contribution in [0.1, 0.15) is 36.0 Å². The minimum atomic E-state index is -1.13. The van der Waals surface area contributed by atoms with Crippen LogP contribution in [0.4, 0.5) is 4.39 Å². The molecule has 0 aromatic heterocycles. The van der Waals surface area contributed by atoms with Crippen LogP contribution in [-0.2, 0) is 0 Å². The lowest BCUT2D eigenvalue weighted by molar-refractivity contribution is 0.0696. The third kappa shape index (κ3) is 2.44. The molecule has 2 aliphatic rings. The Balaban J connectivity index is 1.62. The Hall–Kier alpha value is -1.58. The van der Waals surface area contributed by atoms with Gasteiger partial charge in [0.25, 0.3) is 0 Å². The number of aromatic carboxylic acids is 1. The molecule has 3 nitrogen and oxygen atoms in total. The van der Waals surface area contributed by atoms with Crippen molar-refractivity contribution in [1.29, 1.82) is 0 Å². The van der Waals surface area contributed by atoms with E-state index in [1.54, 1.807) is 0 Å². The second-order valence-corrected chi connectivity index (χ2v) is 5.70. The van der Waals surface area contributed by atoms with Crippen molar-refractivity contribution in [2.75, 3.05) is 6.61 Å². The summed E-state index contributed by atoms with van der Waals surface area (Å²) in [5.74, 6) is 0.566. The van der Waals surface area contributed by atoms with Crippen LogP contribution in [0, 0.1) is 23.6 Å². The fraction of sp³-hybridized carbons (Fsp3) is 0.533. The number of hydrogen-bond acceptors (Lipinski definition) is 2. The number of carboxylic acid groups (broad SMARTS) is 1. The molecule has 1 N–H and O–H groups in total. The Morgan fingerprint density at radius 1 is 1.37 bits per heavy atom. The normalized spacial score (nSPS) is 28.6. The summed E-state index contributed by atoms with van der Waals surface area (Å²) in [7, 11) is 0. The van der Waals surface area contributed by atoms with Crippen molar-refractivity contribution in [3.63, 3.8) is 0 Å². The van der Waals surface area contributed by atoms with Crippen molar-refractivity contribution in [2.24, 2.45) is 17.8 Å². The smallest absolute Gasteiger partial charge is 0.335 e. The van der Waals surface area contributed by atoms with Gasteiger partial charge in [0.15, 0.2) is 11.6 Å². The highest BCUT2D eigenvalue weighted by molar-refractivity contribution is 5.87. The number of rotatable bonds is 4. The lowest BCUT2D eigenvalue weighted by atomic mass is 9.89. The summed E-state index contributed by atoms with van der Waals surface area (Å²) in [5, 5.41) is 8.77. The van der Waals surface area contributed by atoms with Crippen LogP contribution in [0.15, 0.2) is 18.2 Å². The second-order valence-electron chi connectivity index (χ2n) is 5.70. The molecular formula is C15H17FO3. The Morgan fingerprint density at radius 3 is 2.79 bits per heavy atom. The average Bonchev–Trinajstić information content (AvgIpc) is 2.99. The van der Waals surface area contributed by atoms with E-state index < -0.39 is 11.8 Å². The molecule has 0 amide bonds. The molecule has 4 heteroatoms. The molecule has 1 aromatic carbocycles. The first-order valence-electron chi connectivity index (χ1n) is 6.79. The number of carboxylic acids is 1. The van der Waals surface area contributed by atoms with Crippen LogP contribution < -0.4 is 4.74 Å². The minimum absolute atomic E-state index is 0.0511. The van der Waals surface area contributed by atoms with Crippen LogP contribution in [-0.4, -0.2) is 17.7 Å². The predicted octanol–water partition coefficient (Wildman–Crippen LogP) is 3.34. The molecule has 19 heavy (non-hydrogen) atoms. The van der Waals surface area contributed by atoms with E-state index in [9.17, 15) is 9.18 Å². The molecule has 2 bridgehead atoms. The number of fused-ring (bicyclic) bond motifs is 2. The van der Waals surface area contributed by atoms with Gasteiger partial charge in [-0.3, -0.25) is 0 Å². The highest BCUT2D eigenvalue weighted by Crippen LogP contribution is 2.48. The first kappa shape index (κ1) is 12.5. The molecular weight excluding hydrogens is 247 g/mol.